The second kappa shape index (κ2) is 3.27. The molecule has 0 aliphatic heterocycles. The summed E-state index contributed by atoms with van der Waals surface area (Å²) in [5, 5.41) is 9.32. The van der Waals surface area contributed by atoms with Crippen LogP contribution in [0.5, 0.6) is 0 Å². The molecular weight excluding hydrogens is 204 g/mol. The predicted molar refractivity (Wildman–Crippen MR) is 57.2 cm³/mol. The molecule has 84 valence electrons. The Bertz CT molecular complexity index is 436. The van der Waals surface area contributed by atoms with Crippen molar-refractivity contribution >= 4 is 5.97 Å². The molecule has 0 spiro atoms. The van der Waals surface area contributed by atoms with Crippen molar-refractivity contribution in [2.75, 3.05) is 0 Å². The summed E-state index contributed by atoms with van der Waals surface area (Å²) in [5.41, 5.74) is -0.00444. The van der Waals surface area contributed by atoms with Gasteiger partial charge in [0.25, 0.3) is 0 Å². The first-order valence-corrected chi connectivity index (χ1v) is 5.79. The van der Waals surface area contributed by atoms with E-state index in [1.165, 1.54) is 0 Å². The van der Waals surface area contributed by atoms with E-state index in [9.17, 15) is 9.90 Å². The van der Waals surface area contributed by atoms with Crippen LogP contribution in [0.3, 0.4) is 0 Å². The fourth-order valence-corrected chi connectivity index (χ4v) is 2.29. The molecule has 1 heterocycles. The number of carboxylic acids is 1. The first-order valence-electron chi connectivity index (χ1n) is 5.79. The second-order valence-electron chi connectivity index (χ2n) is 4.82. The van der Waals surface area contributed by atoms with Gasteiger partial charge < -0.3 is 5.11 Å². The van der Waals surface area contributed by atoms with Crippen molar-refractivity contribution in [1.82, 2.24) is 9.97 Å². The minimum atomic E-state index is -0.737. The molecule has 0 unspecified atom stereocenters. The van der Waals surface area contributed by atoms with Gasteiger partial charge in [-0.15, -0.1) is 0 Å². The summed E-state index contributed by atoms with van der Waals surface area (Å²) in [4.78, 5) is 20.0. The van der Waals surface area contributed by atoms with Crippen LogP contribution in [0.4, 0.5) is 0 Å². The van der Waals surface area contributed by atoms with Gasteiger partial charge in [0.1, 0.15) is 11.2 Å². The van der Waals surface area contributed by atoms with Gasteiger partial charge in [0.2, 0.25) is 0 Å². The third kappa shape index (κ3) is 1.32. The van der Waals surface area contributed by atoms with Gasteiger partial charge in [-0.3, -0.25) is 4.79 Å². The van der Waals surface area contributed by atoms with Crippen molar-refractivity contribution in [3.8, 4) is 0 Å². The molecule has 1 N–H and O–H groups in total. The van der Waals surface area contributed by atoms with Gasteiger partial charge in [-0.1, -0.05) is 6.42 Å². The number of carbonyl (C=O) groups is 1. The Kier molecular flexibility index (Phi) is 1.99. The topological polar surface area (TPSA) is 63.1 Å². The fraction of sp³-hybridized carbons (Fsp3) is 0.583. The van der Waals surface area contributed by atoms with Gasteiger partial charge >= 0.3 is 5.97 Å². The molecule has 2 aliphatic rings. The highest BCUT2D eigenvalue weighted by molar-refractivity contribution is 5.81. The van der Waals surface area contributed by atoms with E-state index in [2.05, 4.69) is 9.97 Å². The van der Waals surface area contributed by atoms with Gasteiger partial charge in [0.15, 0.2) is 0 Å². The van der Waals surface area contributed by atoms with E-state index in [0.29, 0.717) is 24.5 Å². The number of nitrogens with zero attached hydrogens (tertiary/aromatic N) is 2. The summed E-state index contributed by atoms with van der Waals surface area (Å²) in [7, 11) is 0. The lowest BCUT2D eigenvalue weighted by molar-refractivity contribution is -0.147. The van der Waals surface area contributed by atoms with E-state index in [1.807, 2.05) is 0 Å². The summed E-state index contributed by atoms with van der Waals surface area (Å²) in [6, 6.07) is 1.76. The fourth-order valence-electron chi connectivity index (χ4n) is 2.29. The van der Waals surface area contributed by atoms with E-state index in [-0.39, 0.29) is 0 Å². The number of hydrogen-bond acceptors (Lipinski definition) is 3. The molecule has 4 heteroatoms. The highest BCUT2D eigenvalue weighted by Gasteiger charge is 2.47. The number of carboxylic acid groups (broad SMARTS) is 1. The normalized spacial score (nSPS) is 22.5. The number of rotatable bonds is 3. The molecule has 1 aromatic heterocycles. The third-order valence-corrected chi connectivity index (χ3v) is 3.72. The zero-order chi connectivity index (χ0) is 11.2. The molecule has 16 heavy (non-hydrogen) atoms. The zero-order valence-electron chi connectivity index (χ0n) is 9.02. The Morgan fingerprint density at radius 1 is 1.44 bits per heavy atom. The molecule has 3 rings (SSSR count). The van der Waals surface area contributed by atoms with Crippen LogP contribution in [-0.4, -0.2) is 21.0 Å². The SMILES string of the molecule is O=C(O)C1(c2ccnc(C3CC3)n2)CCC1. The molecule has 0 aromatic carbocycles. The molecule has 2 fully saturated rings. The minimum absolute atomic E-state index is 0.478. The maximum Gasteiger partial charge on any atom is 0.315 e. The molecule has 2 aliphatic carbocycles. The maximum atomic E-state index is 11.3. The Labute approximate surface area is 93.7 Å². The van der Waals surface area contributed by atoms with E-state index in [0.717, 1.165) is 25.1 Å². The molecule has 0 saturated heterocycles. The van der Waals surface area contributed by atoms with Gasteiger partial charge in [-0.25, -0.2) is 9.97 Å². The predicted octanol–water partition coefficient (Wildman–Crippen LogP) is 1.86. The van der Waals surface area contributed by atoms with Crippen molar-refractivity contribution in [2.24, 2.45) is 0 Å². The Morgan fingerprint density at radius 2 is 2.19 bits per heavy atom. The van der Waals surface area contributed by atoms with Crippen LogP contribution in [0.15, 0.2) is 12.3 Å². The van der Waals surface area contributed by atoms with Crippen molar-refractivity contribution in [3.05, 3.63) is 23.8 Å². The van der Waals surface area contributed by atoms with E-state index >= 15 is 0 Å². The van der Waals surface area contributed by atoms with Crippen LogP contribution in [0.1, 0.15) is 49.5 Å². The standard InChI is InChI=1S/C12H14N2O2/c15-11(16)12(5-1-6-12)9-4-7-13-10(14-9)8-2-3-8/h4,7-8H,1-3,5-6H2,(H,15,16). The average Bonchev–Trinajstić information content (AvgIpc) is 2.98. The number of hydrogen-bond donors (Lipinski definition) is 1. The first kappa shape index (κ1) is 9.75. The molecule has 0 amide bonds. The van der Waals surface area contributed by atoms with Crippen LogP contribution >= 0.6 is 0 Å². The smallest absolute Gasteiger partial charge is 0.315 e. The van der Waals surface area contributed by atoms with Crippen molar-refractivity contribution in [2.45, 2.75) is 43.4 Å². The molecule has 0 radical (unpaired) electrons. The zero-order valence-corrected chi connectivity index (χ0v) is 9.02. The summed E-state index contributed by atoms with van der Waals surface area (Å²) >= 11 is 0. The molecule has 4 nitrogen and oxygen atoms in total. The summed E-state index contributed by atoms with van der Waals surface area (Å²) in [5.74, 6) is 0.579. The van der Waals surface area contributed by atoms with Crippen LogP contribution in [0.2, 0.25) is 0 Å². The molecule has 0 atom stereocenters. The van der Waals surface area contributed by atoms with E-state index in [4.69, 9.17) is 0 Å². The molecule has 2 saturated carbocycles. The second-order valence-corrected chi connectivity index (χ2v) is 4.82. The van der Waals surface area contributed by atoms with Crippen molar-refractivity contribution in [1.29, 1.82) is 0 Å². The number of aliphatic carboxylic acids is 1. The summed E-state index contributed by atoms with van der Waals surface area (Å²) < 4.78 is 0. The van der Waals surface area contributed by atoms with Crippen LogP contribution in [0, 0.1) is 0 Å². The van der Waals surface area contributed by atoms with Gasteiger partial charge in [-0.2, -0.15) is 0 Å². The highest BCUT2D eigenvalue weighted by atomic mass is 16.4. The van der Waals surface area contributed by atoms with Gasteiger partial charge in [-0.05, 0) is 31.7 Å². The molecule has 1 aromatic rings. The first-order chi connectivity index (χ1) is 7.72. The van der Waals surface area contributed by atoms with Gasteiger partial charge in [0.05, 0.1) is 5.69 Å². The van der Waals surface area contributed by atoms with Crippen LogP contribution < -0.4 is 0 Å². The summed E-state index contributed by atoms with van der Waals surface area (Å²) in [6.45, 7) is 0. The lowest BCUT2D eigenvalue weighted by Crippen LogP contribution is -2.43. The monoisotopic (exact) mass is 218 g/mol. The maximum absolute atomic E-state index is 11.3. The summed E-state index contributed by atoms with van der Waals surface area (Å²) in [6.07, 6.45) is 6.40. The largest absolute Gasteiger partial charge is 0.481 e. The number of aromatic nitrogens is 2. The Morgan fingerprint density at radius 3 is 2.69 bits per heavy atom. The van der Waals surface area contributed by atoms with Crippen LogP contribution in [-0.2, 0) is 10.2 Å². The minimum Gasteiger partial charge on any atom is -0.481 e. The Hall–Kier alpha value is -1.45. The molecular formula is C12H14N2O2. The Balaban J connectivity index is 1.98. The lowest BCUT2D eigenvalue weighted by Gasteiger charge is -2.36. The van der Waals surface area contributed by atoms with E-state index in [1.54, 1.807) is 12.3 Å². The van der Waals surface area contributed by atoms with Gasteiger partial charge in [0, 0.05) is 12.1 Å². The quantitative estimate of drug-likeness (QED) is 0.841. The average molecular weight is 218 g/mol. The highest BCUT2D eigenvalue weighted by Crippen LogP contribution is 2.44. The third-order valence-electron chi connectivity index (χ3n) is 3.72. The van der Waals surface area contributed by atoms with Crippen molar-refractivity contribution < 1.29 is 9.90 Å². The van der Waals surface area contributed by atoms with Crippen LogP contribution in [0.25, 0.3) is 0 Å². The lowest BCUT2D eigenvalue weighted by atomic mass is 9.66. The van der Waals surface area contributed by atoms with Crippen molar-refractivity contribution in [3.63, 3.8) is 0 Å². The molecule has 0 bridgehead atoms. The van der Waals surface area contributed by atoms with E-state index < -0.39 is 11.4 Å².